The van der Waals surface area contributed by atoms with Crippen LogP contribution in [0.3, 0.4) is 0 Å². The highest BCUT2D eigenvalue weighted by Gasteiger charge is 2.22. The van der Waals surface area contributed by atoms with E-state index in [1.807, 2.05) is 26.0 Å². The molecule has 4 rings (SSSR count). The molecule has 0 atom stereocenters. The maximum Gasteiger partial charge on any atom is 0.242 e. The number of carbonyl (C=O) groups is 1. The first-order valence-corrected chi connectivity index (χ1v) is 8.30. The summed E-state index contributed by atoms with van der Waals surface area (Å²) in [7, 11) is 0. The smallest absolute Gasteiger partial charge is 0.242 e. The number of anilines is 1. The number of hydrogen-bond acceptors (Lipinski definition) is 6. The minimum absolute atomic E-state index is 0.0706. The van der Waals surface area contributed by atoms with E-state index in [4.69, 9.17) is 4.52 Å². The molecular weight excluding hydrogens is 312 g/mol. The number of aromatic nitrogens is 2. The molecule has 1 aliphatic heterocycles. The number of amides is 1. The fraction of sp³-hybridized carbons (Fsp3) is 0.312. The molecule has 118 valence electrons. The molecule has 1 fully saturated rings. The predicted octanol–water partition coefficient (Wildman–Crippen LogP) is 2.50. The first-order chi connectivity index (χ1) is 11.1. The van der Waals surface area contributed by atoms with Gasteiger partial charge in [-0.1, -0.05) is 22.6 Å². The second-order valence-corrected chi connectivity index (χ2v) is 6.61. The number of piperazine rings is 1. The van der Waals surface area contributed by atoms with Crippen molar-refractivity contribution in [2.24, 2.45) is 0 Å². The van der Waals surface area contributed by atoms with Crippen molar-refractivity contribution in [3.8, 4) is 11.1 Å². The fourth-order valence-electron chi connectivity index (χ4n) is 2.89. The molecule has 0 radical (unpaired) electrons. The van der Waals surface area contributed by atoms with E-state index in [0.717, 1.165) is 44.5 Å². The standard InChI is InChI=1S/C16H16N4O2S/c1-9-15(10(2)22-19-9)11-3-4-13-12(7-11)18-16(23-13)20-6-5-17-8-14(20)21/h3-4,7,17H,5-6,8H2,1-2H3. The van der Waals surface area contributed by atoms with Crippen molar-refractivity contribution in [1.82, 2.24) is 15.5 Å². The minimum Gasteiger partial charge on any atom is -0.361 e. The van der Waals surface area contributed by atoms with Crippen LogP contribution in [0.5, 0.6) is 0 Å². The van der Waals surface area contributed by atoms with Crippen LogP contribution in [0.2, 0.25) is 0 Å². The molecule has 0 aliphatic carbocycles. The number of hydrogen-bond donors (Lipinski definition) is 1. The molecule has 3 heterocycles. The lowest BCUT2D eigenvalue weighted by Gasteiger charge is -2.24. The molecule has 23 heavy (non-hydrogen) atoms. The first-order valence-electron chi connectivity index (χ1n) is 7.48. The van der Waals surface area contributed by atoms with E-state index in [-0.39, 0.29) is 5.91 Å². The Hall–Kier alpha value is -2.25. The molecule has 7 heteroatoms. The van der Waals surface area contributed by atoms with Crippen molar-refractivity contribution in [1.29, 1.82) is 0 Å². The lowest BCUT2D eigenvalue weighted by Crippen LogP contribution is -2.48. The first kappa shape index (κ1) is 14.3. The van der Waals surface area contributed by atoms with Gasteiger partial charge in [-0.05, 0) is 31.5 Å². The maximum absolute atomic E-state index is 12.0. The van der Waals surface area contributed by atoms with Crippen LogP contribution in [0.15, 0.2) is 22.7 Å². The zero-order valence-corrected chi connectivity index (χ0v) is 13.7. The Kier molecular flexibility index (Phi) is 3.39. The van der Waals surface area contributed by atoms with E-state index in [9.17, 15) is 4.79 Å². The lowest BCUT2D eigenvalue weighted by atomic mass is 10.0. The number of aryl methyl sites for hydroxylation is 2. The summed E-state index contributed by atoms with van der Waals surface area (Å²) in [6.07, 6.45) is 0. The van der Waals surface area contributed by atoms with Crippen LogP contribution in [-0.2, 0) is 4.79 Å². The fourth-order valence-corrected chi connectivity index (χ4v) is 3.88. The molecule has 1 N–H and O–H groups in total. The Bertz CT molecular complexity index is 879. The summed E-state index contributed by atoms with van der Waals surface area (Å²) in [5.74, 6) is 0.871. The van der Waals surface area contributed by atoms with Crippen LogP contribution in [0, 0.1) is 13.8 Å². The molecule has 0 bridgehead atoms. The third kappa shape index (κ3) is 2.42. The summed E-state index contributed by atoms with van der Waals surface area (Å²) in [6, 6.07) is 6.13. The van der Waals surface area contributed by atoms with Gasteiger partial charge in [0.05, 0.1) is 22.5 Å². The minimum atomic E-state index is 0.0706. The van der Waals surface area contributed by atoms with Gasteiger partial charge < -0.3 is 9.84 Å². The van der Waals surface area contributed by atoms with Crippen molar-refractivity contribution in [3.63, 3.8) is 0 Å². The number of rotatable bonds is 2. The number of nitrogens with one attached hydrogen (secondary N) is 1. The van der Waals surface area contributed by atoms with Gasteiger partial charge in [-0.3, -0.25) is 9.69 Å². The number of nitrogens with zero attached hydrogens (tertiary/aromatic N) is 3. The quantitative estimate of drug-likeness (QED) is 0.782. The van der Waals surface area contributed by atoms with E-state index in [0.29, 0.717) is 13.1 Å². The third-order valence-electron chi connectivity index (χ3n) is 4.02. The topological polar surface area (TPSA) is 71.3 Å². The molecule has 0 saturated carbocycles. The largest absolute Gasteiger partial charge is 0.361 e. The van der Waals surface area contributed by atoms with Gasteiger partial charge >= 0.3 is 0 Å². The van der Waals surface area contributed by atoms with Crippen LogP contribution >= 0.6 is 11.3 Å². The van der Waals surface area contributed by atoms with Crippen LogP contribution in [-0.4, -0.2) is 35.7 Å². The molecule has 0 unspecified atom stereocenters. The van der Waals surface area contributed by atoms with Crippen molar-refractivity contribution >= 4 is 32.6 Å². The van der Waals surface area contributed by atoms with Crippen molar-refractivity contribution in [2.75, 3.05) is 24.5 Å². The van der Waals surface area contributed by atoms with Gasteiger partial charge in [-0.25, -0.2) is 4.98 Å². The highest BCUT2D eigenvalue weighted by atomic mass is 32.1. The summed E-state index contributed by atoms with van der Waals surface area (Å²) >= 11 is 1.55. The molecule has 6 nitrogen and oxygen atoms in total. The summed E-state index contributed by atoms with van der Waals surface area (Å²) in [6.45, 7) is 5.68. The summed E-state index contributed by atoms with van der Waals surface area (Å²) in [5, 5.41) is 7.85. The average Bonchev–Trinajstić information content (AvgIpc) is 3.10. The zero-order chi connectivity index (χ0) is 16.0. The monoisotopic (exact) mass is 328 g/mol. The molecule has 2 aromatic heterocycles. The average molecular weight is 328 g/mol. The number of carbonyl (C=O) groups excluding carboxylic acids is 1. The van der Waals surface area contributed by atoms with Gasteiger partial charge in [0.15, 0.2) is 5.13 Å². The van der Waals surface area contributed by atoms with Crippen molar-refractivity contribution in [3.05, 3.63) is 29.7 Å². The van der Waals surface area contributed by atoms with Crippen LogP contribution < -0.4 is 10.2 Å². The summed E-state index contributed by atoms with van der Waals surface area (Å²) < 4.78 is 6.32. The highest BCUT2D eigenvalue weighted by molar-refractivity contribution is 7.22. The van der Waals surface area contributed by atoms with E-state index < -0.39 is 0 Å². The molecule has 1 aliphatic rings. The SMILES string of the molecule is Cc1noc(C)c1-c1ccc2sc(N3CCNCC3=O)nc2c1. The van der Waals surface area contributed by atoms with E-state index >= 15 is 0 Å². The number of fused-ring (bicyclic) bond motifs is 1. The normalized spacial score (nSPS) is 15.6. The van der Waals surface area contributed by atoms with E-state index in [1.165, 1.54) is 0 Å². The Morgan fingerprint density at radius 1 is 1.35 bits per heavy atom. The van der Waals surface area contributed by atoms with Crippen LogP contribution in [0.25, 0.3) is 21.3 Å². The molecule has 1 amide bonds. The zero-order valence-electron chi connectivity index (χ0n) is 12.9. The highest BCUT2D eigenvalue weighted by Crippen LogP contribution is 2.34. The van der Waals surface area contributed by atoms with Crippen molar-refractivity contribution in [2.45, 2.75) is 13.8 Å². The second-order valence-electron chi connectivity index (χ2n) is 5.60. The molecular formula is C16H16N4O2S. The maximum atomic E-state index is 12.0. The van der Waals surface area contributed by atoms with E-state index in [1.54, 1.807) is 16.2 Å². The summed E-state index contributed by atoms with van der Waals surface area (Å²) in [5.41, 5.74) is 3.82. The summed E-state index contributed by atoms with van der Waals surface area (Å²) in [4.78, 5) is 18.4. The van der Waals surface area contributed by atoms with Gasteiger partial charge in [0.1, 0.15) is 5.76 Å². The van der Waals surface area contributed by atoms with Gasteiger partial charge in [0.25, 0.3) is 0 Å². The molecule has 0 spiro atoms. The predicted molar refractivity (Wildman–Crippen MR) is 89.8 cm³/mol. The Labute approximate surface area is 137 Å². The van der Waals surface area contributed by atoms with Crippen LogP contribution in [0.1, 0.15) is 11.5 Å². The lowest BCUT2D eigenvalue weighted by molar-refractivity contribution is -0.118. The Morgan fingerprint density at radius 2 is 2.22 bits per heavy atom. The molecule has 3 aromatic rings. The number of thiazole rings is 1. The third-order valence-corrected chi connectivity index (χ3v) is 5.08. The number of benzene rings is 1. The van der Waals surface area contributed by atoms with E-state index in [2.05, 4.69) is 21.5 Å². The molecule has 1 saturated heterocycles. The molecule has 1 aromatic carbocycles. The second kappa shape index (κ2) is 5.43. The Morgan fingerprint density at radius 3 is 2.96 bits per heavy atom. The van der Waals surface area contributed by atoms with Gasteiger partial charge in [0, 0.05) is 18.7 Å². The van der Waals surface area contributed by atoms with Gasteiger partial charge in [-0.15, -0.1) is 0 Å². The Balaban J connectivity index is 1.77. The van der Waals surface area contributed by atoms with Crippen molar-refractivity contribution < 1.29 is 9.32 Å². The van der Waals surface area contributed by atoms with Gasteiger partial charge in [0.2, 0.25) is 5.91 Å². The van der Waals surface area contributed by atoms with Crippen LogP contribution in [0.4, 0.5) is 5.13 Å². The van der Waals surface area contributed by atoms with Gasteiger partial charge in [-0.2, -0.15) is 0 Å².